The Morgan fingerprint density at radius 1 is 1.16 bits per heavy atom. The van der Waals surface area contributed by atoms with Gasteiger partial charge in [0.05, 0.1) is 6.20 Å². The first-order valence-corrected chi connectivity index (χ1v) is 9.18. The molecule has 1 aliphatic rings. The molecule has 3 heterocycles. The van der Waals surface area contributed by atoms with Gasteiger partial charge < -0.3 is 9.30 Å². The van der Waals surface area contributed by atoms with Crippen LogP contribution in [-0.4, -0.2) is 33.6 Å². The van der Waals surface area contributed by atoms with Crippen molar-refractivity contribution in [1.29, 1.82) is 0 Å². The van der Waals surface area contributed by atoms with Crippen molar-refractivity contribution in [3.8, 4) is 5.75 Å². The van der Waals surface area contributed by atoms with E-state index in [4.69, 9.17) is 4.74 Å². The van der Waals surface area contributed by atoms with Crippen LogP contribution in [0.25, 0.3) is 10.9 Å². The van der Waals surface area contributed by atoms with Gasteiger partial charge in [0.2, 0.25) is 0 Å². The standard InChI is InChI=1S/C21H25N3O/c1-2-24-13-7-18-6-5-17(14-21(18)24)16-23-11-8-19(9-12-23)25-20-4-3-10-22-15-20/h3-7,10,13-15,19H,2,8-9,11-12,16H2,1H3. The summed E-state index contributed by atoms with van der Waals surface area (Å²) in [7, 11) is 0. The van der Waals surface area contributed by atoms with E-state index in [-0.39, 0.29) is 0 Å². The molecule has 0 spiro atoms. The number of hydrogen-bond donors (Lipinski definition) is 0. The second kappa shape index (κ2) is 7.28. The zero-order valence-corrected chi connectivity index (χ0v) is 14.8. The SMILES string of the molecule is CCn1ccc2ccc(CN3CCC(Oc4cccnc4)CC3)cc21. The molecule has 0 unspecified atom stereocenters. The summed E-state index contributed by atoms with van der Waals surface area (Å²) in [5.74, 6) is 0.881. The Bertz CT molecular complexity index is 820. The van der Waals surface area contributed by atoms with E-state index in [0.29, 0.717) is 6.10 Å². The highest BCUT2D eigenvalue weighted by Gasteiger charge is 2.20. The summed E-state index contributed by atoms with van der Waals surface area (Å²) in [6.45, 7) is 6.39. The summed E-state index contributed by atoms with van der Waals surface area (Å²) in [4.78, 5) is 6.65. The third kappa shape index (κ3) is 3.69. The van der Waals surface area contributed by atoms with Gasteiger partial charge in [-0.05, 0) is 55.0 Å². The zero-order valence-electron chi connectivity index (χ0n) is 14.8. The molecule has 130 valence electrons. The third-order valence-corrected chi connectivity index (χ3v) is 5.06. The molecule has 0 saturated carbocycles. The summed E-state index contributed by atoms with van der Waals surface area (Å²) < 4.78 is 8.35. The number of aromatic nitrogens is 2. The summed E-state index contributed by atoms with van der Waals surface area (Å²) >= 11 is 0. The molecule has 2 aromatic heterocycles. The van der Waals surface area contributed by atoms with E-state index in [0.717, 1.165) is 44.8 Å². The minimum atomic E-state index is 0.306. The first-order valence-electron chi connectivity index (χ1n) is 9.18. The van der Waals surface area contributed by atoms with Gasteiger partial charge in [-0.25, -0.2) is 0 Å². The molecule has 0 bridgehead atoms. The van der Waals surface area contributed by atoms with Gasteiger partial charge in [0.15, 0.2) is 0 Å². The monoisotopic (exact) mass is 335 g/mol. The zero-order chi connectivity index (χ0) is 17.1. The summed E-state index contributed by atoms with van der Waals surface area (Å²) in [5.41, 5.74) is 2.74. The topological polar surface area (TPSA) is 30.3 Å². The van der Waals surface area contributed by atoms with Gasteiger partial charge in [-0.15, -0.1) is 0 Å². The number of ether oxygens (including phenoxy) is 1. The second-order valence-electron chi connectivity index (χ2n) is 6.78. The van der Waals surface area contributed by atoms with Crippen molar-refractivity contribution in [2.24, 2.45) is 0 Å². The number of pyridine rings is 1. The van der Waals surface area contributed by atoms with Crippen LogP contribution in [0.3, 0.4) is 0 Å². The average molecular weight is 335 g/mol. The molecule has 0 radical (unpaired) electrons. The summed E-state index contributed by atoms with van der Waals surface area (Å²) in [5, 5.41) is 1.33. The van der Waals surface area contributed by atoms with Crippen LogP contribution < -0.4 is 4.74 Å². The van der Waals surface area contributed by atoms with Crippen molar-refractivity contribution in [2.45, 2.75) is 39.0 Å². The number of piperidine rings is 1. The van der Waals surface area contributed by atoms with Gasteiger partial charge >= 0.3 is 0 Å². The minimum absolute atomic E-state index is 0.306. The molecule has 3 aromatic rings. The number of likely N-dealkylation sites (tertiary alicyclic amines) is 1. The Morgan fingerprint density at radius 3 is 2.80 bits per heavy atom. The summed E-state index contributed by atoms with van der Waals surface area (Å²) in [6, 6.07) is 13.0. The van der Waals surface area contributed by atoms with Crippen LogP contribution in [0.15, 0.2) is 55.0 Å². The fraction of sp³-hybridized carbons (Fsp3) is 0.381. The highest BCUT2D eigenvalue weighted by molar-refractivity contribution is 5.80. The van der Waals surface area contributed by atoms with Crippen molar-refractivity contribution in [3.05, 3.63) is 60.6 Å². The quantitative estimate of drug-likeness (QED) is 0.703. The second-order valence-corrected chi connectivity index (χ2v) is 6.78. The lowest BCUT2D eigenvalue weighted by Gasteiger charge is -2.32. The van der Waals surface area contributed by atoms with Crippen LogP contribution in [0.1, 0.15) is 25.3 Å². The van der Waals surface area contributed by atoms with E-state index in [9.17, 15) is 0 Å². The van der Waals surface area contributed by atoms with Crippen molar-refractivity contribution in [3.63, 3.8) is 0 Å². The molecule has 0 N–H and O–H groups in total. The van der Waals surface area contributed by atoms with Crippen molar-refractivity contribution in [1.82, 2.24) is 14.5 Å². The Labute approximate surface area is 149 Å². The van der Waals surface area contributed by atoms with Gasteiger partial charge in [-0.2, -0.15) is 0 Å². The number of hydrogen-bond acceptors (Lipinski definition) is 3. The van der Waals surface area contributed by atoms with Crippen LogP contribution in [0, 0.1) is 0 Å². The molecule has 4 heteroatoms. The van der Waals surface area contributed by atoms with Gasteiger partial charge in [0.25, 0.3) is 0 Å². The van der Waals surface area contributed by atoms with Gasteiger partial charge in [0, 0.05) is 44.1 Å². The average Bonchev–Trinajstić information content (AvgIpc) is 3.06. The number of aryl methyl sites for hydroxylation is 1. The molecule has 0 atom stereocenters. The van der Waals surface area contributed by atoms with Crippen molar-refractivity contribution >= 4 is 10.9 Å². The molecule has 0 aliphatic carbocycles. The fourth-order valence-electron chi connectivity index (χ4n) is 3.66. The lowest BCUT2D eigenvalue weighted by Crippen LogP contribution is -2.37. The predicted octanol–water partition coefficient (Wildman–Crippen LogP) is 4.10. The lowest BCUT2D eigenvalue weighted by atomic mass is 10.1. The highest BCUT2D eigenvalue weighted by atomic mass is 16.5. The Kier molecular flexibility index (Phi) is 4.70. The first kappa shape index (κ1) is 16.2. The maximum atomic E-state index is 6.04. The van der Waals surface area contributed by atoms with Crippen LogP contribution in [0.4, 0.5) is 0 Å². The van der Waals surface area contributed by atoms with Crippen LogP contribution in [0.5, 0.6) is 5.75 Å². The number of benzene rings is 1. The molecule has 0 amide bonds. The van der Waals surface area contributed by atoms with E-state index in [1.54, 1.807) is 12.4 Å². The van der Waals surface area contributed by atoms with E-state index in [1.165, 1.54) is 16.5 Å². The molecule has 1 fully saturated rings. The molecular weight excluding hydrogens is 310 g/mol. The van der Waals surface area contributed by atoms with Crippen LogP contribution >= 0.6 is 0 Å². The molecular formula is C21H25N3O. The van der Waals surface area contributed by atoms with E-state index in [1.807, 2.05) is 12.1 Å². The van der Waals surface area contributed by atoms with E-state index in [2.05, 4.69) is 51.8 Å². The van der Waals surface area contributed by atoms with E-state index >= 15 is 0 Å². The fourth-order valence-corrected chi connectivity index (χ4v) is 3.66. The van der Waals surface area contributed by atoms with Gasteiger partial charge in [-0.3, -0.25) is 9.88 Å². The smallest absolute Gasteiger partial charge is 0.137 e. The van der Waals surface area contributed by atoms with E-state index < -0.39 is 0 Å². The highest BCUT2D eigenvalue weighted by Crippen LogP contribution is 2.22. The van der Waals surface area contributed by atoms with Crippen LogP contribution in [-0.2, 0) is 13.1 Å². The maximum Gasteiger partial charge on any atom is 0.137 e. The molecule has 1 aliphatic heterocycles. The third-order valence-electron chi connectivity index (χ3n) is 5.06. The Morgan fingerprint density at radius 2 is 2.04 bits per heavy atom. The molecule has 1 aromatic carbocycles. The molecule has 4 nitrogen and oxygen atoms in total. The maximum absolute atomic E-state index is 6.04. The van der Waals surface area contributed by atoms with Crippen molar-refractivity contribution in [2.75, 3.05) is 13.1 Å². The molecule has 25 heavy (non-hydrogen) atoms. The van der Waals surface area contributed by atoms with Crippen molar-refractivity contribution < 1.29 is 4.74 Å². The normalized spacial score (nSPS) is 16.4. The lowest BCUT2D eigenvalue weighted by molar-refractivity contribution is 0.0965. The van der Waals surface area contributed by atoms with Gasteiger partial charge in [-0.1, -0.05) is 12.1 Å². The molecule has 4 rings (SSSR count). The summed E-state index contributed by atoms with van der Waals surface area (Å²) in [6.07, 6.45) is 8.20. The Balaban J connectivity index is 1.35. The minimum Gasteiger partial charge on any atom is -0.489 e. The number of fused-ring (bicyclic) bond motifs is 1. The number of rotatable bonds is 5. The van der Waals surface area contributed by atoms with Crippen LogP contribution in [0.2, 0.25) is 0 Å². The first-order chi connectivity index (χ1) is 12.3. The predicted molar refractivity (Wildman–Crippen MR) is 101 cm³/mol. The number of nitrogens with zero attached hydrogens (tertiary/aromatic N) is 3. The van der Waals surface area contributed by atoms with Gasteiger partial charge in [0.1, 0.15) is 11.9 Å². The largest absolute Gasteiger partial charge is 0.489 e. The molecule has 1 saturated heterocycles. The Hall–Kier alpha value is -2.33.